The molecule has 0 radical (unpaired) electrons. The van der Waals surface area contributed by atoms with Crippen LogP contribution in [0.25, 0.3) is 0 Å². The molecule has 0 fully saturated rings. The maximum Gasteiger partial charge on any atom is 0.256 e. The van der Waals surface area contributed by atoms with E-state index in [1.165, 1.54) is 13.3 Å². The summed E-state index contributed by atoms with van der Waals surface area (Å²) in [5, 5.41) is 11.7. The highest BCUT2D eigenvalue weighted by Crippen LogP contribution is 2.24. The van der Waals surface area contributed by atoms with Crippen LogP contribution in [0, 0.1) is 11.6 Å². The Labute approximate surface area is 195 Å². The molecule has 176 valence electrons. The number of ether oxygens (including phenoxy) is 1. The van der Waals surface area contributed by atoms with Crippen LogP contribution in [0.3, 0.4) is 0 Å². The second-order valence-corrected chi connectivity index (χ2v) is 7.07. The SMILES string of the molecule is COC(=S)NCC(C=Nc1cc(F)c(NCCNC(=O)Cc2ccc(N)cc2)c(F)c1)=NN. The Kier molecular flexibility index (Phi) is 9.96. The van der Waals surface area contributed by atoms with Gasteiger partial charge in [0, 0.05) is 30.9 Å². The van der Waals surface area contributed by atoms with Crippen molar-refractivity contribution in [3.05, 3.63) is 53.6 Å². The minimum Gasteiger partial charge on any atom is -0.474 e. The van der Waals surface area contributed by atoms with Crippen LogP contribution < -0.4 is 27.5 Å². The minimum atomic E-state index is -0.833. The lowest BCUT2D eigenvalue weighted by Gasteiger charge is -2.11. The molecule has 33 heavy (non-hydrogen) atoms. The summed E-state index contributed by atoms with van der Waals surface area (Å²) < 4.78 is 33.5. The summed E-state index contributed by atoms with van der Waals surface area (Å²) in [6, 6.07) is 9.05. The average Bonchev–Trinajstić information content (AvgIpc) is 2.79. The molecule has 0 aliphatic carbocycles. The van der Waals surface area contributed by atoms with E-state index in [-0.39, 0.29) is 54.2 Å². The van der Waals surface area contributed by atoms with Gasteiger partial charge in [0.2, 0.25) is 5.91 Å². The first-order valence-corrected chi connectivity index (χ1v) is 10.2. The zero-order valence-corrected chi connectivity index (χ0v) is 18.7. The largest absolute Gasteiger partial charge is 0.474 e. The molecule has 0 aliphatic rings. The molecule has 0 bridgehead atoms. The van der Waals surface area contributed by atoms with Crippen molar-refractivity contribution in [1.82, 2.24) is 10.6 Å². The Morgan fingerprint density at radius 2 is 1.82 bits per heavy atom. The highest BCUT2D eigenvalue weighted by molar-refractivity contribution is 7.80. The predicted molar refractivity (Wildman–Crippen MR) is 130 cm³/mol. The monoisotopic (exact) mass is 477 g/mol. The normalized spacial score (nSPS) is 11.3. The van der Waals surface area contributed by atoms with Crippen LogP contribution in [0.4, 0.5) is 25.8 Å². The standard InChI is InChI=1S/C21H25F2N7O2S/c1-32-21(33)29-12-16(30-25)11-28-15-9-17(22)20(18(23)10-15)27-7-6-26-19(31)8-13-2-4-14(24)5-3-13/h2-5,9-11,27H,6-8,12,24-25H2,1H3,(H,26,31)(H,29,33). The average molecular weight is 478 g/mol. The quantitative estimate of drug-likeness (QED) is 0.0879. The molecule has 2 rings (SSSR count). The molecule has 0 unspecified atom stereocenters. The number of methoxy groups -OCH3 is 1. The second-order valence-electron chi connectivity index (χ2n) is 6.70. The van der Waals surface area contributed by atoms with E-state index in [1.807, 2.05) is 0 Å². The Morgan fingerprint density at radius 3 is 2.42 bits per heavy atom. The number of nitrogen functional groups attached to an aromatic ring is 1. The van der Waals surface area contributed by atoms with Crippen molar-refractivity contribution in [3.63, 3.8) is 0 Å². The fraction of sp³-hybridized carbons (Fsp3) is 0.238. The fourth-order valence-corrected chi connectivity index (χ4v) is 2.66. The highest BCUT2D eigenvalue weighted by atomic mass is 32.1. The third-order valence-corrected chi connectivity index (χ3v) is 4.56. The van der Waals surface area contributed by atoms with E-state index < -0.39 is 11.6 Å². The van der Waals surface area contributed by atoms with E-state index in [2.05, 4.69) is 26.0 Å². The van der Waals surface area contributed by atoms with Crippen LogP contribution in [0.2, 0.25) is 0 Å². The van der Waals surface area contributed by atoms with Gasteiger partial charge in [-0.1, -0.05) is 12.1 Å². The Hall–Kier alpha value is -3.80. The molecule has 9 nitrogen and oxygen atoms in total. The van der Waals surface area contributed by atoms with Gasteiger partial charge in [-0.3, -0.25) is 9.79 Å². The van der Waals surface area contributed by atoms with Crippen LogP contribution in [-0.2, 0) is 16.0 Å². The van der Waals surface area contributed by atoms with Crippen LogP contribution >= 0.6 is 12.2 Å². The molecule has 1 amide bonds. The minimum absolute atomic E-state index is 0.0304. The van der Waals surface area contributed by atoms with E-state index in [9.17, 15) is 13.6 Å². The summed E-state index contributed by atoms with van der Waals surface area (Å²) >= 11 is 4.83. The van der Waals surface area contributed by atoms with Crippen molar-refractivity contribution in [2.24, 2.45) is 15.9 Å². The topological polar surface area (TPSA) is 139 Å². The number of anilines is 2. The lowest BCUT2D eigenvalue weighted by molar-refractivity contribution is -0.120. The number of halogens is 2. The van der Waals surface area contributed by atoms with E-state index in [0.29, 0.717) is 5.69 Å². The summed E-state index contributed by atoms with van der Waals surface area (Å²) in [5.74, 6) is 3.38. The van der Waals surface area contributed by atoms with Gasteiger partial charge < -0.3 is 32.3 Å². The Bertz CT molecular complexity index is 1010. The summed E-state index contributed by atoms with van der Waals surface area (Å²) in [4.78, 5) is 15.9. The van der Waals surface area contributed by atoms with Crippen molar-refractivity contribution >= 4 is 52.3 Å². The molecular formula is C21H25F2N7O2S. The van der Waals surface area contributed by atoms with Crippen LogP contribution in [0.15, 0.2) is 46.5 Å². The van der Waals surface area contributed by atoms with Gasteiger partial charge in [-0.15, -0.1) is 0 Å². The summed E-state index contributed by atoms with van der Waals surface area (Å²) in [7, 11) is 1.40. The molecule has 0 saturated heterocycles. The molecule has 2 aromatic rings. The third-order valence-electron chi connectivity index (χ3n) is 4.25. The third kappa shape index (κ3) is 8.69. The van der Waals surface area contributed by atoms with Gasteiger partial charge in [0.1, 0.15) is 5.69 Å². The van der Waals surface area contributed by atoms with Gasteiger partial charge in [-0.25, -0.2) is 8.78 Å². The predicted octanol–water partition coefficient (Wildman–Crippen LogP) is 1.86. The summed E-state index contributed by atoms with van der Waals surface area (Å²) in [6.07, 6.45) is 1.43. The van der Waals surface area contributed by atoms with Crippen LogP contribution in [-0.4, -0.2) is 49.8 Å². The number of benzene rings is 2. The number of nitrogens with zero attached hydrogens (tertiary/aromatic N) is 2. The van der Waals surface area contributed by atoms with Crippen molar-refractivity contribution in [3.8, 4) is 0 Å². The molecule has 0 atom stereocenters. The zero-order chi connectivity index (χ0) is 24.2. The van der Waals surface area contributed by atoms with Crippen molar-refractivity contribution < 1.29 is 18.3 Å². The number of nitrogens with two attached hydrogens (primary N) is 2. The molecule has 7 N–H and O–H groups in total. The summed E-state index contributed by atoms with van der Waals surface area (Å²) in [5.41, 5.74) is 7.03. The second kappa shape index (κ2) is 12.9. The number of hydrogen-bond acceptors (Lipinski definition) is 8. The first-order valence-electron chi connectivity index (χ1n) is 9.79. The number of amides is 1. The first kappa shape index (κ1) is 25.5. The zero-order valence-electron chi connectivity index (χ0n) is 17.9. The number of carbonyl (C=O) groups excluding carboxylic acids is 1. The smallest absolute Gasteiger partial charge is 0.256 e. The molecule has 0 spiro atoms. The molecule has 2 aromatic carbocycles. The van der Waals surface area contributed by atoms with Gasteiger partial charge >= 0.3 is 0 Å². The van der Waals surface area contributed by atoms with Crippen molar-refractivity contribution in [2.75, 3.05) is 37.8 Å². The van der Waals surface area contributed by atoms with Gasteiger partial charge in [0.25, 0.3) is 5.17 Å². The molecular weight excluding hydrogens is 452 g/mol. The Balaban J connectivity index is 1.85. The molecule has 0 aliphatic heterocycles. The highest BCUT2D eigenvalue weighted by Gasteiger charge is 2.11. The van der Waals surface area contributed by atoms with Gasteiger partial charge in [0.15, 0.2) is 11.6 Å². The van der Waals surface area contributed by atoms with Gasteiger partial charge in [-0.2, -0.15) is 5.10 Å². The first-order chi connectivity index (χ1) is 15.8. The van der Waals surface area contributed by atoms with Gasteiger partial charge in [-0.05, 0) is 29.9 Å². The number of thiocarbonyl (C=S) groups is 1. The van der Waals surface area contributed by atoms with Crippen molar-refractivity contribution in [2.45, 2.75) is 6.42 Å². The number of carbonyl (C=O) groups is 1. The van der Waals surface area contributed by atoms with E-state index in [4.69, 9.17) is 28.5 Å². The van der Waals surface area contributed by atoms with Crippen molar-refractivity contribution in [1.29, 1.82) is 0 Å². The Morgan fingerprint density at radius 1 is 1.15 bits per heavy atom. The molecule has 0 saturated carbocycles. The fourth-order valence-electron chi connectivity index (χ4n) is 2.58. The number of rotatable bonds is 10. The lowest BCUT2D eigenvalue weighted by Crippen LogP contribution is -2.30. The van der Waals surface area contributed by atoms with E-state index >= 15 is 0 Å². The lowest BCUT2D eigenvalue weighted by atomic mass is 10.1. The number of hydrazone groups is 1. The van der Waals surface area contributed by atoms with Gasteiger partial charge in [0.05, 0.1) is 37.7 Å². The molecule has 0 heterocycles. The molecule has 0 aromatic heterocycles. The maximum atomic E-state index is 14.3. The number of hydrogen-bond donors (Lipinski definition) is 5. The van der Waals surface area contributed by atoms with Crippen LogP contribution in [0.5, 0.6) is 0 Å². The number of aliphatic imine (C=N–C) groups is 1. The van der Waals surface area contributed by atoms with Crippen LogP contribution in [0.1, 0.15) is 5.56 Å². The number of nitrogens with one attached hydrogen (secondary N) is 3. The summed E-state index contributed by atoms with van der Waals surface area (Å²) in [6.45, 7) is 0.430. The molecule has 12 heteroatoms. The van der Waals surface area contributed by atoms with E-state index in [0.717, 1.165) is 17.7 Å². The maximum absolute atomic E-state index is 14.3. The van der Waals surface area contributed by atoms with E-state index in [1.54, 1.807) is 24.3 Å².